The molecule has 0 bridgehead atoms. The van der Waals surface area contributed by atoms with Gasteiger partial charge in [0.15, 0.2) is 0 Å². The number of likely N-dealkylation sites (tertiary alicyclic amines) is 1. The fourth-order valence-corrected chi connectivity index (χ4v) is 3.73. The number of nitrogens with zero attached hydrogens (tertiary/aromatic N) is 3. The van der Waals surface area contributed by atoms with E-state index in [2.05, 4.69) is 0 Å². The second-order valence-electron chi connectivity index (χ2n) is 7.53. The van der Waals surface area contributed by atoms with Crippen molar-refractivity contribution in [2.45, 2.75) is 19.8 Å². The molecule has 0 spiro atoms. The summed E-state index contributed by atoms with van der Waals surface area (Å²) in [7, 11) is 0. The third-order valence-electron chi connectivity index (χ3n) is 5.40. The second-order valence-corrected chi connectivity index (χ2v) is 7.53. The molecule has 148 valence electrons. The van der Waals surface area contributed by atoms with Crippen LogP contribution in [0.4, 0.5) is 0 Å². The molecule has 1 aliphatic rings. The zero-order valence-electron chi connectivity index (χ0n) is 16.4. The van der Waals surface area contributed by atoms with Crippen LogP contribution in [0.2, 0.25) is 0 Å². The standard InChI is InChI=1S/C23H24N4O2/c1-16-9-11-17(12-10-16)21-20(15-27(25-21)19-7-3-2-4-8-19)23(29)26-13-5-6-18(14-26)22(24)28/h2-4,7-12,15,18H,5-6,13-14H2,1H3,(H2,24,28)/t18-/m1/s1. The molecular weight excluding hydrogens is 364 g/mol. The van der Waals surface area contributed by atoms with Crippen molar-refractivity contribution in [2.24, 2.45) is 11.7 Å². The van der Waals surface area contributed by atoms with E-state index in [0.29, 0.717) is 24.3 Å². The first-order valence-corrected chi connectivity index (χ1v) is 9.83. The highest BCUT2D eigenvalue weighted by Crippen LogP contribution is 2.27. The summed E-state index contributed by atoms with van der Waals surface area (Å²) in [5, 5.41) is 4.73. The van der Waals surface area contributed by atoms with Crippen LogP contribution in [0.5, 0.6) is 0 Å². The number of rotatable bonds is 4. The van der Waals surface area contributed by atoms with Crippen LogP contribution in [0, 0.1) is 12.8 Å². The topological polar surface area (TPSA) is 81.2 Å². The van der Waals surface area contributed by atoms with Crippen molar-refractivity contribution >= 4 is 11.8 Å². The number of primary amides is 1. The summed E-state index contributed by atoms with van der Waals surface area (Å²) in [6.07, 6.45) is 3.28. The number of carbonyl (C=O) groups is 2. The molecule has 6 nitrogen and oxygen atoms in total. The number of hydrogen-bond donors (Lipinski definition) is 1. The monoisotopic (exact) mass is 388 g/mol. The highest BCUT2D eigenvalue weighted by atomic mass is 16.2. The van der Waals surface area contributed by atoms with E-state index in [1.54, 1.807) is 15.8 Å². The summed E-state index contributed by atoms with van der Waals surface area (Å²) in [5.74, 6) is -0.755. The van der Waals surface area contributed by atoms with Gasteiger partial charge in [0.05, 0.1) is 17.2 Å². The first-order chi connectivity index (χ1) is 14.0. The highest BCUT2D eigenvalue weighted by molar-refractivity contribution is 6.00. The van der Waals surface area contributed by atoms with Crippen LogP contribution >= 0.6 is 0 Å². The Kier molecular flexibility index (Phi) is 5.16. The summed E-state index contributed by atoms with van der Waals surface area (Å²) in [5.41, 5.74) is 9.57. The van der Waals surface area contributed by atoms with E-state index in [1.165, 1.54) is 0 Å². The Morgan fingerprint density at radius 2 is 1.79 bits per heavy atom. The molecule has 2 amide bonds. The van der Waals surface area contributed by atoms with Crippen LogP contribution in [0.3, 0.4) is 0 Å². The van der Waals surface area contributed by atoms with E-state index in [-0.39, 0.29) is 17.7 Å². The number of piperidine rings is 1. The molecule has 2 aromatic carbocycles. The van der Waals surface area contributed by atoms with E-state index in [9.17, 15) is 9.59 Å². The zero-order valence-corrected chi connectivity index (χ0v) is 16.4. The number of aromatic nitrogens is 2. The quantitative estimate of drug-likeness (QED) is 0.745. The third kappa shape index (κ3) is 3.92. The Bertz CT molecular complexity index is 1020. The van der Waals surface area contributed by atoms with Crippen molar-refractivity contribution in [3.63, 3.8) is 0 Å². The summed E-state index contributed by atoms with van der Waals surface area (Å²) in [6, 6.07) is 17.7. The van der Waals surface area contributed by atoms with Crippen molar-refractivity contribution < 1.29 is 9.59 Å². The fourth-order valence-electron chi connectivity index (χ4n) is 3.73. The number of hydrogen-bond acceptors (Lipinski definition) is 3. The van der Waals surface area contributed by atoms with E-state index in [1.807, 2.05) is 61.5 Å². The van der Waals surface area contributed by atoms with Gasteiger partial charge in [0.25, 0.3) is 5.91 Å². The Morgan fingerprint density at radius 3 is 2.48 bits per heavy atom. The molecule has 1 aliphatic heterocycles. The van der Waals surface area contributed by atoms with Gasteiger partial charge in [0.1, 0.15) is 5.69 Å². The number of para-hydroxylation sites is 1. The molecule has 0 saturated carbocycles. The average Bonchev–Trinajstić information content (AvgIpc) is 3.20. The van der Waals surface area contributed by atoms with Gasteiger partial charge in [-0.05, 0) is 31.9 Å². The summed E-state index contributed by atoms with van der Waals surface area (Å²) >= 11 is 0. The number of benzene rings is 2. The zero-order chi connectivity index (χ0) is 20.4. The van der Waals surface area contributed by atoms with Crippen LogP contribution in [-0.4, -0.2) is 39.6 Å². The molecule has 0 radical (unpaired) electrons. The number of aryl methyl sites for hydroxylation is 1. The lowest BCUT2D eigenvalue weighted by Gasteiger charge is -2.31. The van der Waals surface area contributed by atoms with E-state index in [0.717, 1.165) is 29.7 Å². The average molecular weight is 388 g/mol. The van der Waals surface area contributed by atoms with Crippen molar-refractivity contribution in [2.75, 3.05) is 13.1 Å². The van der Waals surface area contributed by atoms with Gasteiger partial charge in [-0.3, -0.25) is 9.59 Å². The Balaban J connectivity index is 1.74. The van der Waals surface area contributed by atoms with Gasteiger partial charge in [0, 0.05) is 24.8 Å². The number of carbonyl (C=O) groups excluding carboxylic acids is 2. The lowest BCUT2D eigenvalue weighted by atomic mass is 9.96. The third-order valence-corrected chi connectivity index (χ3v) is 5.40. The molecular formula is C23H24N4O2. The second kappa shape index (κ2) is 7.91. The molecule has 0 unspecified atom stereocenters. The summed E-state index contributed by atoms with van der Waals surface area (Å²) in [4.78, 5) is 26.8. The molecule has 1 atom stereocenters. The normalized spacial score (nSPS) is 16.6. The van der Waals surface area contributed by atoms with Crippen molar-refractivity contribution in [1.29, 1.82) is 0 Å². The highest BCUT2D eigenvalue weighted by Gasteiger charge is 2.30. The van der Waals surface area contributed by atoms with Gasteiger partial charge in [-0.2, -0.15) is 5.10 Å². The maximum Gasteiger partial charge on any atom is 0.257 e. The molecule has 4 rings (SSSR count). The molecule has 1 fully saturated rings. The van der Waals surface area contributed by atoms with Crippen LogP contribution < -0.4 is 5.73 Å². The van der Waals surface area contributed by atoms with Crippen molar-refractivity contribution in [1.82, 2.24) is 14.7 Å². The molecule has 2 N–H and O–H groups in total. The smallest absolute Gasteiger partial charge is 0.257 e. The van der Waals surface area contributed by atoms with Gasteiger partial charge < -0.3 is 10.6 Å². The summed E-state index contributed by atoms with van der Waals surface area (Å²) < 4.78 is 1.73. The van der Waals surface area contributed by atoms with Gasteiger partial charge >= 0.3 is 0 Å². The Hall–Kier alpha value is -3.41. The van der Waals surface area contributed by atoms with Crippen LogP contribution in [0.15, 0.2) is 60.8 Å². The van der Waals surface area contributed by atoms with Gasteiger partial charge in [0.2, 0.25) is 5.91 Å². The van der Waals surface area contributed by atoms with E-state index < -0.39 is 0 Å². The minimum absolute atomic E-state index is 0.117. The predicted octanol–water partition coefficient (Wildman–Crippen LogP) is 3.19. The SMILES string of the molecule is Cc1ccc(-c2nn(-c3ccccc3)cc2C(=O)N2CCC[C@@H](C(N)=O)C2)cc1. The first kappa shape index (κ1) is 18.9. The fraction of sp³-hybridized carbons (Fsp3) is 0.261. The van der Waals surface area contributed by atoms with Crippen LogP contribution in [-0.2, 0) is 4.79 Å². The Morgan fingerprint density at radius 1 is 1.07 bits per heavy atom. The summed E-state index contributed by atoms with van der Waals surface area (Å²) in [6.45, 7) is 3.00. The maximum absolute atomic E-state index is 13.4. The van der Waals surface area contributed by atoms with Gasteiger partial charge in [-0.1, -0.05) is 48.0 Å². The molecule has 6 heteroatoms. The molecule has 2 heterocycles. The van der Waals surface area contributed by atoms with Crippen molar-refractivity contribution in [3.05, 3.63) is 71.9 Å². The minimum atomic E-state index is -0.346. The Labute approximate surface area is 169 Å². The predicted molar refractivity (Wildman–Crippen MR) is 112 cm³/mol. The van der Waals surface area contributed by atoms with E-state index >= 15 is 0 Å². The van der Waals surface area contributed by atoms with Crippen molar-refractivity contribution in [3.8, 4) is 16.9 Å². The van der Waals surface area contributed by atoms with Gasteiger partial charge in [-0.25, -0.2) is 4.68 Å². The minimum Gasteiger partial charge on any atom is -0.369 e. The lowest BCUT2D eigenvalue weighted by molar-refractivity contribution is -0.123. The molecule has 1 saturated heterocycles. The molecule has 1 aromatic heterocycles. The largest absolute Gasteiger partial charge is 0.369 e. The lowest BCUT2D eigenvalue weighted by Crippen LogP contribution is -2.44. The molecule has 29 heavy (non-hydrogen) atoms. The van der Waals surface area contributed by atoms with Crippen LogP contribution in [0.1, 0.15) is 28.8 Å². The van der Waals surface area contributed by atoms with E-state index in [4.69, 9.17) is 10.8 Å². The van der Waals surface area contributed by atoms with Crippen LogP contribution in [0.25, 0.3) is 16.9 Å². The maximum atomic E-state index is 13.4. The first-order valence-electron chi connectivity index (χ1n) is 9.83. The molecule has 3 aromatic rings. The van der Waals surface area contributed by atoms with Gasteiger partial charge in [-0.15, -0.1) is 0 Å². The number of amides is 2. The molecule has 0 aliphatic carbocycles. The number of nitrogens with two attached hydrogens (primary N) is 1.